The maximum Gasteiger partial charge on any atom is 0.310 e. The number of rotatable bonds is 4. The molecule has 3 heteroatoms. The predicted molar refractivity (Wildman–Crippen MR) is 52.8 cm³/mol. The maximum atomic E-state index is 11.1. The Bertz CT molecular complexity index is 307. The van der Waals surface area contributed by atoms with E-state index >= 15 is 0 Å². The number of esters is 1. The van der Waals surface area contributed by atoms with Gasteiger partial charge in [-0.05, 0) is 24.6 Å². The van der Waals surface area contributed by atoms with Gasteiger partial charge >= 0.3 is 5.97 Å². The van der Waals surface area contributed by atoms with Crippen LogP contribution in [-0.4, -0.2) is 12.6 Å². The molecule has 0 aromatic heterocycles. The van der Waals surface area contributed by atoms with Crippen molar-refractivity contribution in [3.63, 3.8) is 0 Å². The van der Waals surface area contributed by atoms with Crippen LogP contribution in [0.3, 0.4) is 0 Å². The van der Waals surface area contributed by atoms with Gasteiger partial charge in [0.2, 0.25) is 0 Å². The fourth-order valence-electron chi connectivity index (χ4n) is 1.12. The predicted octanol–water partition coefficient (Wildman–Crippen LogP) is 1.96. The Kier molecular flexibility index (Phi) is 3.98. The molecule has 0 amide bonds. The van der Waals surface area contributed by atoms with Crippen LogP contribution in [0.1, 0.15) is 12.5 Å². The van der Waals surface area contributed by atoms with E-state index < -0.39 is 0 Å². The number of benzene rings is 1. The molecule has 3 nitrogen and oxygen atoms in total. The summed E-state index contributed by atoms with van der Waals surface area (Å²) in [4.78, 5) is 11.1. The molecule has 0 saturated heterocycles. The molecule has 14 heavy (non-hydrogen) atoms. The number of carbonyl (C=O) groups excluding carboxylic acids is 1. The van der Waals surface area contributed by atoms with Crippen molar-refractivity contribution >= 4 is 5.97 Å². The highest BCUT2D eigenvalue weighted by Crippen LogP contribution is 2.13. The molecular formula is C11H13O3. The quantitative estimate of drug-likeness (QED) is 0.686. The average molecular weight is 193 g/mol. The lowest BCUT2D eigenvalue weighted by atomic mass is 10.1. The SMILES string of the molecule is [CH2]Oc1cccc(CC(=O)OCC)c1. The molecular weight excluding hydrogens is 180 g/mol. The highest BCUT2D eigenvalue weighted by Gasteiger charge is 2.04. The van der Waals surface area contributed by atoms with Crippen LogP contribution in [0.15, 0.2) is 24.3 Å². The Hall–Kier alpha value is -1.51. The Balaban J connectivity index is 2.62. The summed E-state index contributed by atoms with van der Waals surface area (Å²) in [5.41, 5.74) is 0.865. The monoisotopic (exact) mass is 193 g/mol. The van der Waals surface area contributed by atoms with E-state index in [1.165, 1.54) is 0 Å². The second-order valence-corrected chi connectivity index (χ2v) is 2.77. The summed E-state index contributed by atoms with van der Waals surface area (Å²) >= 11 is 0. The molecule has 1 aromatic carbocycles. The second-order valence-electron chi connectivity index (χ2n) is 2.77. The molecule has 1 radical (unpaired) electrons. The third kappa shape index (κ3) is 3.09. The molecule has 0 aliphatic heterocycles. The fourth-order valence-corrected chi connectivity index (χ4v) is 1.12. The minimum Gasteiger partial charge on any atom is -0.490 e. The summed E-state index contributed by atoms with van der Waals surface area (Å²) in [5, 5.41) is 0. The summed E-state index contributed by atoms with van der Waals surface area (Å²) in [6.07, 6.45) is 0.269. The summed E-state index contributed by atoms with van der Waals surface area (Å²) in [5.74, 6) is 0.417. The third-order valence-electron chi connectivity index (χ3n) is 1.72. The van der Waals surface area contributed by atoms with Gasteiger partial charge in [0.05, 0.1) is 13.0 Å². The van der Waals surface area contributed by atoms with Gasteiger partial charge < -0.3 is 9.47 Å². The molecule has 0 fully saturated rings. The van der Waals surface area contributed by atoms with Crippen molar-refractivity contribution in [2.45, 2.75) is 13.3 Å². The van der Waals surface area contributed by atoms with Crippen molar-refractivity contribution in [2.75, 3.05) is 6.61 Å². The normalized spacial score (nSPS) is 9.57. The minimum absolute atomic E-state index is 0.228. The zero-order chi connectivity index (χ0) is 10.4. The lowest BCUT2D eigenvalue weighted by Crippen LogP contribution is -2.07. The van der Waals surface area contributed by atoms with Gasteiger partial charge in [0, 0.05) is 0 Å². The topological polar surface area (TPSA) is 35.5 Å². The molecule has 0 saturated carbocycles. The molecule has 0 spiro atoms. The third-order valence-corrected chi connectivity index (χ3v) is 1.72. The van der Waals surface area contributed by atoms with Crippen LogP contribution in [-0.2, 0) is 16.0 Å². The van der Waals surface area contributed by atoms with E-state index in [0.29, 0.717) is 12.4 Å². The van der Waals surface area contributed by atoms with Gasteiger partial charge in [0.25, 0.3) is 0 Å². The van der Waals surface area contributed by atoms with Crippen molar-refractivity contribution in [3.05, 3.63) is 36.9 Å². The molecule has 0 aliphatic carbocycles. The van der Waals surface area contributed by atoms with Crippen molar-refractivity contribution in [2.24, 2.45) is 0 Å². The van der Waals surface area contributed by atoms with Crippen LogP contribution >= 0.6 is 0 Å². The molecule has 0 bridgehead atoms. The van der Waals surface area contributed by atoms with Gasteiger partial charge in [0.15, 0.2) is 0 Å². The first-order chi connectivity index (χ1) is 6.76. The van der Waals surface area contributed by atoms with E-state index in [-0.39, 0.29) is 12.4 Å². The zero-order valence-electron chi connectivity index (χ0n) is 8.16. The van der Waals surface area contributed by atoms with Gasteiger partial charge in [-0.25, -0.2) is 0 Å². The van der Waals surface area contributed by atoms with E-state index in [9.17, 15) is 4.79 Å². The van der Waals surface area contributed by atoms with Gasteiger partial charge in [-0.1, -0.05) is 12.1 Å². The molecule has 0 heterocycles. The van der Waals surface area contributed by atoms with E-state index in [2.05, 4.69) is 7.11 Å². The Morgan fingerprint density at radius 1 is 1.50 bits per heavy atom. The minimum atomic E-state index is -0.228. The zero-order valence-corrected chi connectivity index (χ0v) is 8.16. The first kappa shape index (κ1) is 10.6. The van der Waals surface area contributed by atoms with E-state index in [0.717, 1.165) is 5.56 Å². The van der Waals surface area contributed by atoms with Crippen molar-refractivity contribution in [1.82, 2.24) is 0 Å². The molecule has 0 unspecified atom stereocenters. The molecule has 0 atom stereocenters. The van der Waals surface area contributed by atoms with Crippen LogP contribution in [0.5, 0.6) is 5.75 Å². The van der Waals surface area contributed by atoms with Gasteiger partial charge in [-0.15, -0.1) is 0 Å². The Morgan fingerprint density at radius 3 is 2.93 bits per heavy atom. The molecule has 0 aliphatic rings. The lowest BCUT2D eigenvalue weighted by Gasteiger charge is -2.03. The summed E-state index contributed by atoms with van der Waals surface area (Å²) in [7, 11) is 3.30. The van der Waals surface area contributed by atoms with Crippen LogP contribution in [0, 0.1) is 7.11 Å². The van der Waals surface area contributed by atoms with E-state index in [1.54, 1.807) is 19.1 Å². The lowest BCUT2D eigenvalue weighted by molar-refractivity contribution is -0.142. The molecule has 0 N–H and O–H groups in total. The highest BCUT2D eigenvalue weighted by atomic mass is 16.5. The number of ether oxygens (including phenoxy) is 2. The number of hydrogen-bond donors (Lipinski definition) is 0. The Morgan fingerprint density at radius 2 is 2.29 bits per heavy atom. The summed E-state index contributed by atoms with van der Waals surface area (Å²) < 4.78 is 9.62. The van der Waals surface area contributed by atoms with Gasteiger partial charge in [-0.3, -0.25) is 4.79 Å². The fraction of sp³-hybridized carbons (Fsp3) is 0.273. The largest absolute Gasteiger partial charge is 0.490 e. The Labute approximate surface area is 83.6 Å². The average Bonchev–Trinajstić information content (AvgIpc) is 2.18. The molecule has 1 aromatic rings. The van der Waals surface area contributed by atoms with E-state index in [1.807, 2.05) is 12.1 Å². The summed E-state index contributed by atoms with van der Waals surface area (Å²) in [6, 6.07) is 7.21. The molecule has 1 rings (SSSR count). The second kappa shape index (κ2) is 5.27. The van der Waals surface area contributed by atoms with Crippen molar-refractivity contribution in [3.8, 4) is 5.75 Å². The number of hydrogen-bond acceptors (Lipinski definition) is 3. The first-order valence-electron chi connectivity index (χ1n) is 4.43. The van der Waals surface area contributed by atoms with Crippen LogP contribution in [0.25, 0.3) is 0 Å². The molecule has 75 valence electrons. The maximum absolute atomic E-state index is 11.1. The highest BCUT2D eigenvalue weighted by molar-refractivity contribution is 5.72. The van der Waals surface area contributed by atoms with Crippen LogP contribution in [0.4, 0.5) is 0 Å². The van der Waals surface area contributed by atoms with Crippen molar-refractivity contribution in [1.29, 1.82) is 0 Å². The van der Waals surface area contributed by atoms with Crippen molar-refractivity contribution < 1.29 is 14.3 Å². The van der Waals surface area contributed by atoms with E-state index in [4.69, 9.17) is 9.47 Å². The summed E-state index contributed by atoms with van der Waals surface area (Å²) in [6.45, 7) is 2.19. The van der Waals surface area contributed by atoms with Gasteiger partial charge in [0.1, 0.15) is 12.9 Å². The smallest absolute Gasteiger partial charge is 0.310 e. The van der Waals surface area contributed by atoms with Crippen LogP contribution < -0.4 is 4.74 Å². The van der Waals surface area contributed by atoms with Crippen LogP contribution in [0.2, 0.25) is 0 Å². The first-order valence-corrected chi connectivity index (χ1v) is 4.43. The van der Waals surface area contributed by atoms with Gasteiger partial charge in [-0.2, -0.15) is 0 Å². The standard InChI is InChI=1S/C11H13O3/c1-3-14-11(12)8-9-5-4-6-10(7-9)13-2/h4-7H,2-3,8H2,1H3. The number of carbonyl (C=O) groups is 1.